The molecule has 134 valence electrons. The number of halogens is 1. The summed E-state index contributed by atoms with van der Waals surface area (Å²) in [5.74, 6) is -1.83. The molecule has 0 unspecified atom stereocenters. The average Bonchev–Trinajstić information content (AvgIpc) is 2.62. The Morgan fingerprint density at radius 2 is 1.50 bits per heavy atom. The molecule has 0 fully saturated rings. The Morgan fingerprint density at radius 3 is 2.04 bits per heavy atom. The van der Waals surface area contributed by atoms with Gasteiger partial charge in [-0.3, -0.25) is 9.59 Å². The van der Waals surface area contributed by atoms with Crippen LogP contribution in [0.5, 0.6) is 17.2 Å². The topological polar surface area (TPSA) is 83.8 Å². The minimum Gasteiger partial charge on any atom is -0.505 e. The van der Waals surface area contributed by atoms with E-state index in [1.807, 2.05) is 0 Å². The number of methoxy groups -OCH3 is 1. The molecule has 0 saturated heterocycles. The van der Waals surface area contributed by atoms with E-state index in [2.05, 4.69) is 0 Å². The highest BCUT2D eigenvalue weighted by Crippen LogP contribution is 2.26. The van der Waals surface area contributed by atoms with Gasteiger partial charge in [0.1, 0.15) is 0 Å². The molecule has 0 aliphatic rings. The number of carbonyl (C=O) groups is 2. The molecule has 0 aliphatic carbocycles. The van der Waals surface area contributed by atoms with Gasteiger partial charge in [0.25, 0.3) is 0 Å². The van der Waals surface area contributed by atoms with Crippen molar-refractivity contribution in [2.24, 2.45) is 0 Å². The highest BCUT2D eigenvalue weighted by molar-refractivity contribution is 6.10. The number of aromatic hydroxyl groups is 2. The fourth-order valence-electron chi connectivity index (χ4n) is 2.09. The molecule has 0 heterocycles. The van der Waals surface area contributed by atoms with Crippen LogP contribution in [0.2, 0.25) is 0 Å². The van der Waals surface area contributed by atoms with Crippen molar-refractivity contribution in [2.75, 3.05) is 7.11 Å². The van der Waals surface area contributed by atoms with Crippen LogP contribution < -0.4 is 4.74 Å². The second kappa shape index (κ2) is 8.62. The highest BCUT2D eigenvalue weighted by Gasteiger charge is 2.05. The van der Waals surface area contributed by atoms with Crippen molar-refractivity contribution in [3.63, 3.8) is 0 Å². The van der Waals surface area contributed by atoms with Gasteiger partial charge in [-0.25, -0.2) is 4.39 Å². The van der Waals surface area contributed by atoms with Crippen LogP contribution >= 0.6 is 0 Å². The summed E-state index contributed by atoms with van der Waals surface area (Å²) in [6.45, 7) is 0. The van der Waals surface area contributed by atoms with Crippen molar-refractivity contribution in [3.05, 3.63) is 65.5 Å². The molecule has 0 amide bonds. The molecule has 2 aromatic rings. The predicted molar refractivity (Wildman–Crippen MR) is 95.4 cm³/mol. The molecular formula is C20H17FO5. The highest BCUT2D eigenvalue weighted by atomic mass is 19.1. The molecule has 2 rings (SSSR count). The Bertz CT molecular complexity index is 884. The number of hydrogen-bond acceptors (Lipinski definition) is 5. The summed E-state index contributed by atoms with van der Waals surface area (Å²) in [6.07, 6.45) is 4.99. The number of benzene rings is 2. The third kappa shape index (κ3) is 5.31. The van der Waals surface area contributed by atoms with Gasteiger partial charge in [-0.2, -0.15) is 0 Å². The van der Waals surface area contributed by atoms with Crippen LogP contribution in [-0.2, 0) is 9.59 Å². The largest absolute Gasteiger partial charge is 0.505 e. The van der Waals surface area contributed by atoms with Crippen LogP contribution in [0.15, 0.2) is 48.6 Å². The number of phenolic OH excluding ortho intramolecular Hbond substituents is 2. The maximum absolute atomic E-state index is 13.2. The zero-order valence-corrected chi connectivity index (χ0v) is 14.0. The van der Waals surface area contributed by atoms with E-state index in [0.717, 1.165) is 6.07 Å². The van der Waals surface area contributed by atoms with Gasteiger partial charge in [0, 0.05) is 0 Å². The third-order valence-electron chi connectivity index (χ3n) is 3.45. The Morgan fingerprint density at radius 1 is 0.962 bits per heavy atom. The van der Waals surface area contributed by atoms with Crippen LogP contribution in [0, 0.1) is 5.82 Å². The fourth-order valence-corrected chi connectivity index (χ4v) is 2.09. The van der Waals surface area contributed by atoms with Gasteiger partial charge in [-0.15, -0.1) is 0 Å². The van der Waals surface area contributed by atoms with Crippen molar-refractivity contribution in [2.45, 2.75) is 6.42 Å². The lowest BCUT2D eigenvalue weighted by molar-refractivity contribution is -0.121. The van der Waals surface area contributed by atoms with Crippen molar-refractivity contribution in [1.82, 2.24) is 0 Å². The maximum Gasteiger partial charge on any atom is 0.165 e. The molecule has 0 aromatic heterocycles. The zero-order chi connectivity index (χ0) is 19.1. The molecule has 6 heteroatoms. The van der Waals surface area contributed by atoms with Crippen molar-refractivity contribution >= 4 is 23.7 Å². The second-order valence-electron chi connectivity index (χ2n) is 5.42. The molecule has 2 N–H and O–H groups in total. The molecule has 0 radical (unpaired) electrons. The first-order valence-corrected chi connectivity index (χ1v) is 7.66. The normalized spacial score (nSPS) is 11.2. The summed E-state index contributed by atoms with van der Waals surface area (Å²) in [5.41, 5.74) is 1.03. The monoisotopic (exact) mass is 356 g/mol. The molecule has 0 spiro atoms. The summed E-state index contributed by atoms with van der Waals surface area (Å²) >= 11 is 0. The van der Waals surface area contributed by atoms with Crippen molar-refractivity contribution in [1.29, 1.82) is 0 Å². The Hall–Kier alpha value is -3.41. The number of carbonyl (C=O) groups excluding carboxylic acids is 2. The quantitative estimate of drug-likeness (QED) is 0.586. The van der Waals surface area contributed by atoms with Crippen molar-refractivity contribution in [3.8, 4) is 17.2 Å². The first-order chi connectivity index (χ1) is 12.4. The Balaban J connectivity index is 1.95. The summed E-state index contributed by atoms with van der Waals surface area (Å²) in [7, 11) is 1.42. The number of ketones is 2. The Kier molecular flexibility index (Phi) is 6.27. The maximum atomic E-state index is 13.2. The standard InChI is InChI=1S/C20H17FO5/c1-26-20-11-14(5-9-19(20)25)3-7-16(23)12-15(22)6-2-13-4-8-18(24)17(21)10-13/h2-11,24-25H,12H2,1H3. The molecule has 0 aliphatic heterocycles. The minimum atomic E-state index is -0.789. The molecule has 2 aromatic carbocycles. The smallest absolute Gasteiger partial charge is 0.165 e. The molecule has 0 atom stereocenters. The van der Waals surface area contributed by atoms with Gasteiger partial charge in [0.05, 0.1) is 13.5 Å². The molecular weight excluding hydrogens is 339 g/mol. The van der Waals surface area contributed by atoms with E-state index in [9.17, 15) is 19.1 Å². The number of hydrogen-bond donors (Lipinski definition) is 2. The van der Waals surface area contributed by atoms with Gasteiger partial charge < -0.3 is 14.9 Å². The lowest BCUT2D eigenvalue weighted by Gasteiger charge is -2.03. The van der Waals surface area contributed by atoms with E-state index in [4.69, 9.17) is 9.84 Å². The zero-order valence-electron chi connectivity index (χ0n) is 14.0. The number of phenols is 2. The van der Waals surface area contributed by atoms with Crippen LogP contribution in [0.4, 0.5) is 4.39 Å². The SMILES string of the molecule is COc1cc(C=CC(=O)CC(=O)C=Cc2ccc(O)c(F)c2)ccc1O. The van der Waals surface area contributed by atoms with Crippen molar-refractivity contribution < 1.29 is 28.9 Å². The average molecular weight is 356 g/mol. The molecule has 5 nitrogen and oxygen atoms in total. The fraction of sp³-hybridized carbons (Fsp3) is 0.100. The Labute approximate surface area is 149 Å². The number of allylic oxidation sites excluding steroid dienone is 2. The summed E-state index contributed by atoms with van der Waals surface area (Å²) in [6, 6.07) is 8.30. The second-order valence-corrected chi connectivity index (χ2v) is 5.42. The minimum absolute atomic E-state index is 0.0121. The van der Waals surface area contributed by atoms with E-state index < -0.39 is 23.1 Å². The van der Waals surface area contributed by atoms with E-state index in [1.165, 1.54) is 49.6 Å². The van der Waals surface area contributed by atoms with Gasteiger partial charge in [0.15, 0.2) is 34.6 Å². The molecule has 0 saturated carbocycles. The van der Waals surface area contributed by atoms with E-state index in [-0.39, 0.29) is 17.9 Å². The molecule has 26 heavy (non-hydrogen) atoms. The van der Waals surface area contributed by atoms with Gasteiger partial charge in [-0.05, 0) is 47.5 Å². The lowest BCUT2D eigenvalue weighted by atomic mass is 10.1. The van der Waals surface area contributed by atoms with Crippen LogP contribution in [0.3, 0.4) is 0 Å². The summed E-state index contributed by atoms with van der Waals surface area (Å²) in [4.78, 5) is 23.6. The van der Waals surface area contributed by atoms with Crippen LogP contribution in [0.1, 0.15) is 17.5 Å². The van der Waals surface area contributed by atoms with E-state index in [0.29, 0.717) is 11.1 Å². The van der Waals surface area contributed by atoms with E-state index in [1.54, 1.807) is 12.1 Å². The first kappa shape index (κ1) is 18.9. The summed E-state index contributed by atoms with van der Waals surface area (Å²) in [5, 5.41) is 18.6. The lowest BCUT2D eigenvalue weighted by Crippen LogP contribution is -2.01. The van der Waals surface area contributed by atoms with Gasteiger partial charge in [-0.1, -0.05) is 24.3 Å². The number of ether oxygens (including phenoxy) is 1. The number of rotatable bonds is 7. The van der Waals surface area contributed by atoms with Crippen LogP contribution in [0.25, 0.3) is 12.2 Å². The van der Waals surface area contributed by atoms with E-state index >= 15 is 0 Å². The van der Waals surface area contributed by atoms with Crippen LogP contribution in [-0.4, -0.2) is 28.9 Å². The van der Waals surface area contributed by atoms with Gasteiger partial charge in [0.2, 0.25) is 0 Å². The third-order valence-corrected chi connectivity index (χ3v) is 3.45. The predicted octanol–water partition coefficient (Wildman–Crippen LogP) is 3.50. The summed E-state index contributed by atoms with van der Waals surface area (Å²) < 4.78 is 18.2. The van der Waals surface area contributed by atoms with Gasteiger partial charge >= 0.3 is 0 Å². The molecule has 0 bridgehead atoms. The first-order valence-electron chi connectivity index (χ1n) is 7.66.